The molecule has 1 heterocycles. The Kier molecular flexibility index (Phi) is 4.61. The Morgan fingerprint density at radius 1 is 1.62 bits per heavy atom. The summed E-state index contributed by atoms with van der Waals surface area (Å²) in [7, 11) is 0. The van der Waals surface area contributed by atoms with Crippen LogP contribution >= 0.6 is 11.8 Å². The van der Waals surface area contributed by atoms with E-state index in [0.29, 0.717) is 16.6 Å². The molecular weight excluding hydrogens is 224 g/mol. The third kappa shape index (κ3) is 3.73. The Labute approximate surface area is 99.3 Å². The second kappa shape index (κ2) is 5.75. The van der Waals surface area contributed by atoms with Gasteiger partial charge in [-0.1, -0.05) is 13.8 Å². The maximum atomic E-state index is 11.0. The first-order valence-corrected chi connectivity index (χ1v) is 6.11. The molecule has 0 atom stereocenters. The number of carboxylic acids is 1. The van der Waals surface area contributed by atoms with Crippen LogP contribution in [0.2, 0.25) is 0 Å². The van der Waals surface area contributed by atoms with Crippen LogP contribution in [0.25, 0.3) is 0 Å². The van der Waals surface area contributed by atoms with E-state index in [2.05, 4.69) is 18.8 Å². The normalized spacial score (nSPS) is 10.7. The second-order valence-corrected chi connectivity index (χ2v) is 5.04. The minimum Gasteiger partial charge on any atom is -0.478 e. The topological polar surface area (TPSA) is 76.2 Å². The van der Waals surface area contributed by atoms with Crippen LogP contribution in [0.3, 0.4) is 0 Å². The average Bonchev–Trinajstić information content (AvgIpc) is 2.19. The van der Waals surface area contributed by atoms with E-state index in [4.69, 9.17) is 10.8 Å². The summed E-state index contributed by atoms with van der Waals surface area (Å²) in [6, 6.07) is 1.45. The molecule has 16 heavy (non-hydrogen) atoms. The number of nitrogens with zero attached hydrogens (tertiary/aromatic N) is 1. The monoisotopic (exact) mass is 240 g/mol. The largest absolute Gasteiger partial charge is 0.478 e. The van der Waals surface area contributed by atoms with Crippen LogP contribution in [0.5, 0.6) is 0 Å². The predicted molar refractivity (Wildman–Crippen MR) is 65.8 cm³/mol. The van der Waals surface area contributed by atoms with E-state index in [1.807, 2.05) is 0 Å². The van der Waals surface area contributed by atoms with Gasteiger partial charge in [0.15, 0.2) is 0 Å². The highest BCUT2D eigenvalue weighted by Crippen LogP contribution is 2.23. The van der Waals surface area contributed by atoms with Crippen LogP contribution in [-0.2, 0) is 0 Å². The first-order chi connectivity index (χ1) is 7.50. The van der Waals surface area contributed by atoms with Crippen LogP contribution in [0.1, 0.15) is 30.6 Å². The summed E-state index contributed by atoms with van der Waals surface area (Å²) in [5, 5.41) is 9.53. The Hall–Kier alpha value is -1.23. The maximum Gasteiger partial charge on any atom is 0.338 e. The molecule has 0 spiro atoms. The van der Waals surface area contributed by atoms with Crippen LogP contribution in [0.15, 0.2) is 17.3 Å². The van der Waals surface area contributed by atoms with Gasteiger partial charge in [0.05, 0.1) is 17.4 Å². The zero-order chi connectivity index (χ0) is 12.1. The number of rotatable bonds is 5. The van der Waals surface area contributed by atoms with E-state index >= 15 is 0 Å². The van der Waals surface area contributed by atoms with Crippen molar-refractivity contribution in [3.05, 3.63) is 17.8 Å². The summed E-state index contributed by atoms with van der Waals surface area (Å²) in [4.78, 5) is 15.0. The van der Waals surface area contributed by atoms with Crippen LogP contribution in [0, 0.1) is 5.92 Å². The van der Waals surface area contributed by atoms with Gasteiger partial charge in [-0.3, -0.25) is 0 Å². The third-order valence-corrected chi connectivity index (χ3v) is 3.08. The van der Waals surface area contributed by atoms with Gasteiger partial charge in [-0.2, -0.15) is 0 Å². The van der Waals surface area contributed by atoms with Crippen molar-refractivity contribution in [2.24, 2.45) is 5.92 Å². The Balaban J connectivity index is 2.75. The zero-order valence-electron chi connectivity index (χ0n) is 9.43. The molecule has 0 bridgehead atoms. The molecule has 88 valence electrons. The van der Waals surface area contributed by atoms with Gasteiger partial charge >= 0.3 is 5.97 Å². The molecule has 0 unspecified atom stereocenters. The molecule has 1 aromatic heterocycles. The lowest BCUT2D eigenvalue weighted by molar-refractivity contribution is 0.0692. The fourth-order valence-electron chi connectivity index (χ4n) is 1.13. The third-order valence-electron chi connectivity index (χ3n) is 2.04. The number of nitrogens with two attached hydrogens (primary N) is 1. The lowest BCUT2D eigenvalue weighted by Gasteiger charge is -2.07. The quantitative estimate of drug-likeness (QED) is 0.773. The van der Waals surface area contributed by atoms with E-state index < -0.39 is 5.97 Å². The second-order valence-electron chi connectivity index (χ2n) is 3.96. The van der Waals surface area contributed by atoms with E-state index in [1.165, 1.54) is 24.0 Å². The molecule has 0 aliphatic carbocycles. The lowest BCUT2D eigenvalue weighted by Crippen LogP contribution is -2.03. The number of hydrogen-bond acceptors (Lipinski definition) is 4. The predicted octanol–water partition coefficient (Wildman–Crippen LogP) is 2.50. The molecule has 0 aliphatic rings. The Morgan fingerprint density at radius 3 is 2.88 bits per heavy atom. The molecule has 0 aliphatic heterocycles. The summed E-state index contributed by atoms with van der Waals surface area (Å²) in [5.41, 5.74) is 6.08. The number of carbonyl (C=O) groups is 1. The number of pyridine rings is 1. The number of aromatic carboxylic acids is 1. The van der Waals surface area contributed by atoms with Gasteiger partial charge in [0.1, 0.15) is 5.03 Å². The molecule has 0 fully saturated rings. The van der Waals surface area contributed by atoms with Gasteiger partial charge < -0.3 is 10.8 Å². The van der Waals surface area contributed by atoms with Gasteiger partial charge in [0.2, 0.25) is 0 Å². The molecule has 0 saturated carbocycles. The number of anilines is 1. The van der Waals surface area contributed by atoms with Gasteiger partial charge in [0, 0.05) is 0 Å². The van der Waals surface area contributed by atoms with Crippen molar-refractivity contribution in [2.45, 2.75) is 25.3 Å². The summed E-state index contributed by atoms with van der Waals surface area (Å²) in [6.45, 7) is 4.27. The molecule has 0 aromatic carbocycles. The first kappa shape index (κ1) is 12.8. The van der Waals surface area contributed by atoms with Crippen LogP contribution in [-0.4, -0.2) is 21.8 Å². The lowest BCUT2D eigenvalue weighted by atomic mass is 10.2. The van der Waals surface area contributed by atoms with Gasteiger partial charge in [-0.05, 0) is 24.2 Å². The van der Waals surface area contributed by atoms with E-state index in [9.17, 15) is 4.79 Å². The van der Waals surface area contributed by atoms with Gasteiger partial charge in [-0.25, -0.2) is 9.78 Å². The zero-order valence-corrected chi connectivity index (χ0v) is 10.3. The van der Waals surface area contributed by atoms with E-state index in [1.54, 1.807) is 0 Å². The number of thioether (sulfide) groups is 1. The minimum absolute atomic E-state index is 0.189. The summed E-state index contributed by atoms with van der Waals surface area (Å²) >= 11 is 1.46. The SMILES string of the molecule is CC(C)CCSc1ncc(N)cc1C(=O)O. The Bertz CT molecular complexity index is 380. The molecule has 3 N–H and O–H groups in total. The molecule has 0 radical (unpaired) electrons. The summed E-state index contributed by atoms with van der Waals surface area (Å²) in [6.07, 6.45) is 2.53. The molecule has 1 rings (SSSR count). The van der Waals surface area contributed by atoms with Gasteiger partial charge in [-0.15, -0.1) is 11.8 Å². The number of nitrogen functional groups attached to an aromatic ring is 1. The molecule has 4 nitrogen and oxygen atoms in total. The standard InChI is InChI=1S/C11H16N2O2S/c1-7(2)3-4-16-10-9(11(14)15)5-8(12)6-13-10/h5-7H,3-4,12H2,1-2H3,(H,14,15). The summed E-state index contributed by atoms with van der Waals surface area (Å²) in [5.74, 6) is 0.496. The number of carboxylic acid groups (broad SMARTS) is 1. The van der Waals surface area contributed by atoms with Crippen molar-refractivity contribution < 1.29 is 9.90 Å². The fourth-order valence-corrected chi connectivity index (χ4v) is 2.34. The van der Waals surface area contributed by atoms with Crippen molar-refractivity contribution in [3.8, 4) is 0 Å². The smallest absolute Gasteiger partial charge is 0.338 e. The highest BCUT2D eigenvalue weighted by molar-refractivity contribution is 7.99. The van der Waals surface area contributed by atoms with Crippen molar-refractivity contribution >= 4 is 23.4 Å². The number of aromatic nitrogens is 1. The molecule has 1 aromatic rings. The molecule has 0 saturated heterocycles. The van der Waals surface area contributed by atoms with Crippen molar-refractivity contribution in [1.82, 2.24) is 4.98 Å². The first-order valence-electron chi connectivity index (χ1n) is 5.12. The highest BCUT2D eigenvalue weighted by atomic mass is 32.2. The van der Waals surface area contributed by atoms with Crippen molar-refractivity contribution in [3.63, 3.8) is 0 Å². The van der Waals surface area contributed by atoms with Crippen LogP contribution < -0.4 is 5.73 Å². The molecule has 0 amide bonds. The molecule has 5 heteroatoms. The van der Waals surface area contributed by atoms with Crippen molar-refractivity contribution in [2.75, 3.05) is 11.5 Å². The van der Waals surface area contributed by atoms with Crippen LogP contribution in [0.4, 0.5) is 5.69 Å². The average molecular weight is 240 g/mol. The van der Waals surface area contributed by atoms with Crippen molar-refractivity contribution in [1.29, 1.82) is 0 Å². The van der Waals surface area contributed by atoms with E-state index in [0.717, 1.165) is 12.2 Å². The van der Waals surface area contributed by atoms with E-state index in [-0.39, 0.29) is 5.56 Å². The highest BCUT2D eigenvalue weighted by Gasteiger charge is 2.12. The fraction of sp³-hybridized carbons (Fsp3) is 0.455. The summed E-state index contributed by atoms with van der Waals surface area (Å²) < 4.78 is 0. The number of hydrogen-bond donors (Lipinski definition) is 2. The minimum atomic E-state index is -0.980. The Morgan fingerprint density at radius 2 is 2.31 bits per heavy atom. The van der Waals surface area contributed by atoms with Gasteiger partial charge in [0.25, 0.3) is 0 Å². The maximum absolute atomic E-state index is 11.0. The molecular formula is C11H16N2O2S.